The number of para-hydroxylation sites is 2. The number of fused-ring (bicyclic) bond motifs is 1. The normalized spacial score (nSPS) is 10.8. The van der Waals surface area contributed by atoms with Gasteiger partial charge in [0.05, 0.1) is 22.8 Å². The highest BCUT2D eigenvalue weighted by atomic mass is 35.5. The maximum atomic E-state index is 12.5. The topological polar surface area (TPSA) is 73.6 Å². The summed E-state index contributed by atoms with van der Waals surface area (Å²) in [6.07, 6.45) is 0. The second kappa shape index (κ2) is 8.88. The van der Waals surface area contributed by atoms with Gasteiger partial charge in [-0.1, -0.05) is 35.3 Å². The first-order valence-corrected chi connectivity index (χ1v) is 10.1. The van der Waals surface area contributed by atoms with Crippen LogP contribution in [0, 0.1) is 6.92 Å². The first-order valence-electron chi connectivity index (χ1n) is 9.37. The van der Waals surface area contributed by atoms with E-state index in [1.165, 1.54) is 7.11 Å². The fourth-order valence-electron chi connectivity index (χ4n) is 3.08. The lowest BCUT2D eigenvalue weighted by Crippen LogP contribution is -2.20. The number of hydrogen-bond donors (Lipinski definition) is 1. The maximum absolute atomic E-state index is 12.5. The van der Waals surface area contributed by atoms with Gasteiger partial charge in [-0.25, -0.2) is 4.98 Å². The molecule has 1 N–H and O–H groups in total. The summed E-state index contributed by atoms with van der Waals surface area (Å²) in [6, 6.07) is 16.2. The van der Waals surface area contributed by atoms with Gasteiger partial charge in [0.1, 0.15) is 11.3 Å². The van der Waals surface area contributed by atoms with Crippen LogP contribution in [-0.4, -0.2) is 24.6 Å². The number of anilines is 1. The Balaban J connectivity index is 1.53. The molecule has 0 fully saturated rings. The van der Waals surface area contributed by atoms with Crippen LogP contribution in [0.25, 0.3) is 22.6 Å². The standard InChI is InChI=1S/C23H18Cl2N2O4/c1-13-9-15(24)22(16(25)10-13)30-12-21(28)26-18-11-14(7-8-19(18)29-2)23-27-17-5-3-4-6-20(17)31-23/h3-11H,12H2,1-2H3,(H,26,28). The number of rotatable bonds is 6. The molecule has 1 aromatic heterocycles. The summed E-state index contributed by atoms with van der Waals surface area (Å²) in [4.78, 5) is 17.0. The molecule has 4 aromatic rings. The number of oxazole rings is 1. The molecule has 0 bridgehead atoms. The van der Waals surface area contributed by atoms with E-state index >= 15 is 0 Å². The van der Waals surface area contributed by atoms with E-state index in [9.17, 15) is 4.79 Å². The van der Waals surface area contributed by atoms with Crippen molar-refractivity contribution in [3.05, 3.63) is 70.2 Å². The minimum atomic E-state index is -0.402. The summed E-state index contributed by atoms with van der Waals surface area (Å²) in [7, 11) is 1.52. The molecule has 0 saturated carbocycles. The van der Waals surface area contributed by atoms with E-state index in [1.54, 1.807) is 24.3 Å². The first kappa shape index (κ1) is 21.0. The Morgan fingerprint density at radius 2 is 1.84 bits per heavy atom. The third-order valence-corrected chi connectivity index (χ3v) is 5.07. The second-order valence-corrected chi connectivity index (χ2v) is 7.61. The number of nitrogens with zero attached hydrogens (tertiary/aromatic N) is 1. The van der Waals surface area contributed by atoms with E-state index in [4.69, 9.17) is 37.1 Å². The molecule has 0 radical (unpaired) electrons. The van der Waals surface area contributed by atoms with Crippen molar-refractivity contribution in [2.24, 2.45) is 0 Å². The molecule has 0 atom stereocenters. The third-order valence-electron chi connectivity index (χ3n) is 4.50. The maximum Gasteiger partial charge on any atom is 0.262 e. The van der Waals surface area contributed by atoms with Crippen molar-refractivity contribution in [2.45, 2.75) is 6.92 Å². The molecule has 6 nitrogen and oxygen atoms in total. The summed E-state index contributed by atoms with van der Waals surface area (Å²) in [5, 5.41) is 3.46. The molecule has 8 heteroatoms. The van der Waals surface area contributed by atoms with Crippen molar-refractivity contribution < 1.29 is 18.7 Å². The molecule has 31 heavy (non-hydrogen) atoms. The van der Waals surface area contributed by atoms with Crippen molar-refractivity contribution in [1.82, 2.24) is 4.98 Å². The molecule has 1 amide bonds. The van der Waals surface area contributed by atoms with Gasteiger partial charge in [-0.3, -0.25) is 4.79 Å². The number of carbonyl (C=O) groups excluding carboxylic acids is 1. The Kier molecular flexibility index (Phi) is 6.02. The predicted molar refractivity (Wildman–Crippen MR) is 121 cm³/mol. The van der Waals surface area contributed by atoms with E-state index in [0.29, 0.717) is 38.5 Å². The molecule has 0 spiro atoms. The lowest BCUT2D eigenvalue weighted by molar-refractivity contribution is -0.118. The van der Waals surface area contributed by atoms with Crippen LogP contribution in [0.5, 0.6) is 11.5 Å². The zero-order valence-electron chi connectivity index (χ0n) is 16.7. The molecule has 0 aliphatic carbocycles. The molecule has 3 aromatic carbocycles. The van der Waals surface area contributed by atoms with Crippen molar-refractivity contribution >= 4 is 45.9 Å². The van der Waals surface area contributed by atoms with E-state index in [-0.39, 0.29) is 12.4 Å². The van der Waals surface area contributed by atoms with Gasteiger partial charge < -0.3 is 19.2 Å². The molecular weight excluding hydrogens is 439 g/mol. The van der Waals surface area contributed by atoms with Crippen LogP contribution in [0.3, 0.4) is 0 Å². The average molecular weight is 457 g/mol. The summed E-state index contributed by atoms with van der Waals surface area (Å²) in [5.41, 5.74) is 3.47. The SMILES string of the molecule is COc1ccc(-c2nc3ccccc3o2)cc1NC(=O)COc1c(Cl)cc(C)cc1Cl. The Bertz CT molecular complexity index is 1210. The Morgan fingerprint density at radius 1 is 1.10 bits per heavy atom. The summed E-state index contributed by atoms with van der Waals surface area (Å²) < 4.78 is 16.7. The number of halogens is 2. The number of amides is 1. The molecular formula is C23H18Cl2N2O4. The Morgan fingerprint density at radius 3 is 2.55 bits per heavy atom. The first-order chi connectivity index (χ1) is 14.9. The highest BCUT2D eigenvalue weighted by molar-refractivity contribution is 6.37. The number of aromatic nitrogens is 1. The van der Waals surface area contributed by atoms with E-state index < -0.39 is 5.91 Å². The number of methoxy groups -OCH3 is 1. The van der Waals surface area contributed by atoms with Crippen LogP contribution in [-0.2, 0) is 4.79 Å². The van der Waals surface area contributed by atoms with Crippen LogP contribution in [0.15, 0.2) is 59.0 Å². The van der Waals surface area contributed by atoms with Gasteiger partial charge in [0.25, 0.3) is 5.91 Å². The Hall–Kier alpha value is -3.22. The average Bonchev–Trinajstić information content (AvgIpc) is 3.17. The number of aryl methyl sites for hydroxylation is 1. The van der Waals surface area contributed by atoms with Crippen LogP contribution in [0.2, 0.25) is 10.0 Å². The molecule has 158 valence electrons. The van der Waals surface area contributed by atoms with E-state index in [1.807, 2.05) is 37.3 Å². The highest BCUT2D eigenvalue weighted by Gasteiger charge is 2.15. The molecule has 1 heterocycles. The van der Waals surface area contributed by atoms with E-state index in [0.717, 1.165) is 11.1 Å². The van der Waals surface area contributed by atoms with Crippen molar-refractivity contribution in [3.8, 4) is 23.0 Å². The fourth-order valence-corrected chi connectivity index (χ4v) is 3.79. The smallest absolute Gasteiger partial charge is 0.262 e. The second-order valence-electron chi connectivity index (χ2n) is 6.80. The largest absolute Gasteiger partial charge is 0.495 e. The quantitative estimate of drug-likeness (QED) is 0.377. The zero-order chi connectivity index (χ0) is 22.0. The molecule has 0 aliphatic heterocycles. The van der Waals surface area contributed by atoms with Gasteiger partial charge in [-0.05, 0) is 55.0 Å². The van der Waals surface area contributed by atoms with Crippen molar-refractivity contribution in [3.63, 3.8) is 0 Å². The number of benzene rings is 3. The van der Waals surface area contributed by atoms with Gasteiger partial charge in [0.15, 0.2) is 17.9 Å². The molecule has 4 rings (SSSR count). The zero-order valence-corrected chi connectivity index (χ0v) is 18.3. The van der Waals surface area contributed by atoms with Gasteiger partial charge in [0, 0.05) is 5.56 Å². The summed E-state index contributed by atoms with van der Waals surface area (Å²) >= 11 is 12.3. The van der Waals surface area contributed by atoms with Crippen LogP contribution in [0.4, 0.5) is 5.69 Å². The van der Waals surface area contributed by atoms with Crippen LogP contribution >= 0.6 is 23.2 Å². The van der Waals surface area contributed by atoms with Crippen LogP contribution in [0.1, 0.15) is 5.56 Å². The van der Waals surface area contributed by atoms with Gasteiger partial charge in [0.2, 0.25) is 5.89 Å². The van der Waals surface area contributed by atoms with E-state index in [2.05, 4.69) is 10.3 Å². The lowest BCUT2D eigenvalue weighted by atomic mass is 10.2. The third kappa shape index (κ3) is 4.60. The predicted octanol–water partition coefficient (Wildman–Crippen LogP) is 6.14. The minimum absolute atomic E-state index is 0.260. The number of carbonyl (C=O) groups is 1. The summed E-state index contributed by atoms with van der Waals surface area (Å²) in [6.45, 7) is 1.59. The number of ether oxygens (including phenoxy) is 2. The minimum Gasteiger partial charge on any atom is -0.495 e. The molecule has 0 aliphatic rings. The van der Waals surface area contributed by atoms with Gasteiger partial charge in [-0.15, -0.1) is 0 Å². The van der Waals surface area contributed by atoms with Gasteiger partial charge in [-0.2, -0.15) is 0 Å². The summed E-state index contributed by atoms with van der Waals surface area (Å²) in [5.74, 6) is 0.783. The van der Waals surface area contributed by atoms with Crippen molar-refractivity contribution in [1.29, 1.82) is 0 Å². The number of hydrogen-bond acceptors (Lipinski definition) is 5. The molecule has 0 unspecified atom stereocenters. The van der Waals surface area contributed by atoms with Crippen LogP contribution < -0.4 is 14.8 Å². The molecule has 0 saturated heterocycles. The monoisotopic (exact) mass is 456 g/mol. The fraction of sp³-hybridized carbons (Fsp3) is 0.130. The van der Waals surface area contributed by atoms with Gasteiger partial charge >= 0.3 is 0 Å². The Labute approximate surface area is 188 Å². The van der Waals surface area contributed by atoms with Crippen molar-refractivity contribution in [2.75, 3.05) is 19.0 Å². The highest BCUT2D eigenvalue weighted by Crippen LogP contribution is 2.34. The number of nitrogens with one attached hydrogen (secondary N) is 1. The lowest BCUT2D eigenvalue weighted by Gasteiger charge is -2.13.